The summed E-state index contributed by atoms with van der Waals surface area (Å²) in [7, 11) is -3.50. The molecule has 2 aromatic carbocycles. The Morgan fingerprint density at radius 2 is 1.74 bits per heavy atom. The van der Waals surface area contributed by atoms with Crippen LogP contribution in [0.3, 0.4) is 0 Å². The number of hydrogen-bond donors (Lipinski definition) is 0. The molecule has 0 N–H and O–H groups in total. The van der Waals surface area contributed by atoms with Gasteiger partial charge in [0.15, 0.2) is 0 Å². The van der Waals surface area contributed by atoms with Crippen LogP contribution in [0.2, 0.25) is 0 Å². The lowest BCUT2D eigenvalue weighted by Gasteiger charge is -2.40. The van der Waals surface area contributed by atoms with Crippen molar-refractivity contribution in [1.29, 1.82) is 0 Å². The predicted octanol–water partition coefficient (Wildman–Crippen LogP) is 2.83. The second kappa shape index (κ2) is 7.36. The number of nitrogens with zero attached hydrogens (tertiary/aromatic N) is 2. The summed E-state index contributed by atoms with van der Waals surface area (Å²) in [6, 6.07) is 17.7. The van der Waals surface area contributed by atoms with Crippen molar-refractivity contribution >= 4 is 10.0 Å². The van der Waals surface area contributed by atoms with E-state index in [0.717, 1.165) is 12.1 Å². The molecule has 0 aromatic heterocycles. The summed E-state index contributed by atoms with van der Waals surface area (Å²) in [5.41, 5.74) is 2.30. The Labute approximate surface area is 161 Å². The van der Waals surface area contributed by atoms with Crippen LogP contribution in [0.1, 0.15) is 24.1 Å². The summed E-state index contributed by atoms with van der Waals surface area (Å²) >= 11 is 0. The lowest BCUT2D eigenvalue weighted by molar-refractivity contribution is -0.0614. The van der Waals surface area contributed by atoms with Crippen molar-refractivity contribution in [3.63, 3.8) is 0 Å². The van der Waals surface area contributed by atoms with Gasteiger partial charge in [-0.15, -0.1) is 0 Å². The van der Waals surface area contributed by atoms with E-state index in [-0.39, 0.29) is 18.2 Å². The molecule has 0 aliphatic carbocycles. The first-order valence-corrected chi connectivity index (χ1v) is 10.9. The normalized spacial score (nSPS) is 25.3. The molecule has 2 fully saturated rings. The van der Waals surface area contributed by atoms with Gasteiger partial charge in [-0.3, -0.25) is 4.90 Å². The number of fused-ring (bicyclic) bond motifs is 1. The Kier molecular flexibility index (Phi) is 5.07. The first-order valence-electron chi connectivity index (χ1n) is 9.46. The van der Waals surface area contributed by atoms with Gasteiger partial charge in [0.05, 0.1) is 23.6 Å². The number of benzene rings is 2. The van der Waals surface area contributed by atoms with Crippen molar-refractivity contribution < 1.29 is 13.2 Å². The van der Waals surface area contributed by atoms with Crippen LogP contribution in [0.5, 0.6) is 0 Å². The maximum atomic E-state index is 13.1. The predicted molar refractivity (Wildman–Crippen MR) is 105 cm³/mol. The van der Waals surface area contributed by atoms with Crippen molar-refractivity contribution in [2.45, 2.75) is 36.9 Å². The fourth-order valence-corrected chi connectivity index (χ4v) is 5.61. The first kappa shape index (κ1) is 18.6. The Hall–Kier alpha value is -1.73. The van der Waals surface area contributed by atoms with Crippen LogP contribution in [-0.4, -0.2) is 56.0 Å². The third kappa shape index (κ3) is 3.55. The van der Waals surface area contributed by atoms with Gasteiger partial charge in [-0.1, -0.05) is 48.0 Å². The van der Waals surface area contributed by atoms with Gasteiger partial charge >= 0.3 is 0 Å². The highest BCUT2D eigenvalue weighted by molar-refractivity contribution is 7.89. The Bertz CT molecular complexity index is 883. The molecule has 2 aliphatic heterocycles. The van der Waals surface area contributed by atoms with Crippen molar-refractivity contribution in [3.05, 3.63) is 65.7 Å². The van der Waals surface area contributed by atoms with Crippen molar-refractivity contribution in [2.24, 2.45) is 0 Å². The summed E-state index contributed by atoms with van der Waals surface area (Å²) in [5, 5.41) is 0. The van der Waals surface area contributed by atoms with Gasteiger partial charge in [-0.05, 0) is 31.5 Å². The van der Waals surface area contributed by atoms with E-state index in [1.54, 1.807) is 16.4 Å². The molecule has 4 rings (SSSR count). The summed E-state index contributed by atoms with van der Waals surface area (Å²) in [6.07, 6.45) is -0.0786. The molecule has 6 heteroatoms. The number of hydrogen-bond acceptors (Lipinski definition) is 4. The number of sulfonamides is 1. The Morgan fingerprint density at radius 1 is 1.04 bits per heavy atom. The SMILES string of the molecule is Cc1ccc(S(=O)(=O)N2CC3OCCN([C@H](C)c4ccccc4)[C@H]3C2)cc1. The van der Waals surface area contributed by atoms with Crippen LogP contribution in [-0.2, 0) is 14.8 Å². The van der Waals surface area contributed by atoms with Gasteiger partial charge in [-0.2, -0.15) is 4.31 Å². The van der Waals surface area contributed by atoms with Crippen molar-refractivity contribution in [1.82, 2.24) is 9.21 Å². The zero-order chi connectivity index (χ0) is 19.0. The molecule has 0 radical (unpaired) electrons. The molecule has 2 aromatic rings. The van der Waals surface area contributed by atoms with E-state index in [2.05, 4.69) is 24.0 Å². The van der Waals surface area contributed by atoms with Gasteiger partial charge in [0.1, 0.15) is 0 Å². The van der Waals surface area contributed by atoms with Crippen molar-refractivity contribution in [3.8, 4) is 0 Å². The molecule has 3 atom stereocenters. The minimum atomic E-state index is -3.50. The second-order valence-corrected chi connectivity index (χ2v) is 9.37. The highest BCUT2D eigenvalue weighted by atomic mass is 32.2. The highest BCUT2D eigenvalue weighted by Crippen LogP contribution is 2.33. The number of ether oxygens (including phenoxy) is 1. The summed E-state index contributed by atoms with van der Waals surface area (Å²) in [5.74, 6) is 0. The molecule has 144 valence electrons. The molecule has 2 heterocycles. The Balaban J connectivity index is 1.56. The summed E-state index contributed by atoms with van der Waals surface area (Å²) in [4.78, 5) is 2.75. The number of aryl methyl sites for hydroxylation is 1. The quantitative estimate of drug-likeness (QED) is 0.811. The maximum Gasteiger partial charge on any atom is 0.243 e. The molecule has 0 saturated carbocycles. The lowest BCUT2D eigenvalue weighted by Crippen LogP contribution is -2.51. The highest BCUT2D eigenvalue weighted by Gasteiger charge is 2.45. The molecule has 0 spiro atoms. The minimum Gasteiger partial charge on any atom is -0.374 e. The van der Waals surface area contributed by atoms with E-state index < -0.39 is 10.0 Å². The van der Waals surface area contributed by atoms with Gasteiger partial charge < -0.3 is 4.74 Å². The van der Waals surface area contributed by atoms with E-state index >= 15 is 0 Å². The molecule has 0 bridgehead atoms. The van der Waals surface area contributed by atoms with Crippen LogP contribution in [0.15, 0.2) is 59.5 Å². The zero-order valence-electron chi connectivity index (χ0n) is 15.8. The van der Waals surface area contributed by atoms with Crippen molar-refractivity contribution in [2.75, 3.05) is 26.2 Å². The molecular formula is C21H26N2O3S. The molecule has 2 aliphatic rings. The molecule has 27 heavy (non-hydrogen) atoms. The number of rotatable bonds is 4. The van der Waals surface area contributed by atoms with E-state index in [9.17, 15) is 8.42 Å². The summed E-state index contributed by atoms with van der Waals surface area (Å²) in [6.45, 7) is 6.48. The molecular weight excluding hydrogens is 360 g/mol. The van der Waals surface area contributed by atoms with Gasteiger partial charge in [0, 0.05) is 25.7 Å². The van der Waals surface area contributed by atoms with Gasteiger partial charge in [-0.25, -0.2) is 8.42 Å². The largest absolute Gasteiger partial charge is 0.374 e. The maximum absolute atomic E-state index is 13.1. The molecule has 2 saturated heterocycles. The molecule has 1 unspecified atom stereocenters. The summed E-state index contributed by atoms with van der Waals surface area (Å²) < 4.78 is 33.7. The second-order valence-electron chi connectivity index (χ2n) is 7.44. The third-order valence-electron chi connectivity index (χ3n) is 5.75. The third-order valence-corrected chi connectivity index (χ3v) is 7.59. The van der Waals surface area contributed by atoms with Crippen LogP contribution in [0, 0.1) is 6.92 Å². The average Bonchev–Trinajstić information content (AvgIpc) is 3.14. The lowest BCUT2D eigenvalue weighted by atomic mass is 10.0. The fraction of sp³-hybridized carbons (Fsp3) is 0.429. The topological polar surface area (TPSA) is 49.9 Å². The van der Waals surface area contributed by atoms with Gasteiger partial charge in [0.25, 0.3) is 0 Å². The standard InChI is InChI=1S/C21H26N2O3S/c1-16-8-10-19(11-9-16)27(24,25)22-14-20-21(15-22)26-13-12-23(20)17(2)18-6-4-3-5-7-18/h3-11,17,20-21H,12-15H2,1-2H3/t17-,20+,21?/m1/s1. The fourth-order valence-electron chi connectivity index (χ4n) is 4.14. The average molecular weight is 387 g/mol. The smallest absolute Gasteiger partial charge is 0.243 e. The van der Waals surface area contributed by atoms with Crippen LogP contribution < -0.4 is 0 Å². The molecule has 5 nitrogen and oxygen atoms in total. The van der Waals surface area contributed by atoms with Gasteiger partial charge in [0.2, 0.25) is 10.0 Å². The van der Waals surface area contributed by atoms with E-state index in [1.165, 1.54) is 5.56 Å². The zero-order valence-corrected chi connectivity index (χ0v) is 16.6. The van der Waals surface area contributed by atoms with E-state index in [1.807, 2.05) is 37.3 Å². The van der Waals surface area contributed by atoms with Crippen LogP contribution >= 0.6 is 0 Å². The first-order chi connectivity index (χ1) is 13.0. The van der Waals surface area contributed by atoms with E-state index in [4.69, 9.17) is 4.74 Å². The minimum absolute atomic E-state index is 0.0779. The van der Waals surface area contributed by atoms with E-state index in [0.29, 0.717) is 24.6 Å². The number of morpholine rings is 1. The Morgan fingerprint density at radius 3 is 2.44 bits per heavy atom. The monoisotopic (exact) mass is 386 g/mol. The van der Waals surface area contributed by atoms with Crippen LogP contribution in [0.4, 0.5) is 0 Å². The molecule has 0 amide bonds. The van der Waals surface area contributed by atoms with Crippen LogP contribution in [0.25, 0.3) is 0 Å².